The van der Waals surface area contributed by atoms with Crippen LogP contribution in [0.5, 0.6) is 11.5 Å². The second-order valence-corrected chi connectivity index (χ2v) is 9.64. The molecular weight excluding hydrogens is 497 g/mol. The molecule has 3 aromatic rings. The maximum absolute atomic E-state index is 13.5. The van der Waals surface area contributed by atoms with E-state index in [9.17, 15) is 26.4 Å². The Bertz CT molecular complexity index is 1300. The van der Waals surface area contributed by atoms with Crippen molar-refractivity contribution in [2.45, 2.75) is 12.7 Å². The SMILES string of the molecule is COc1ccccc1OCCNC(=O)c1ccc(CN(c2ccccc2C(F)(F)F)S(C)(=O)=O)cc1. The van der Waals surface area contributed by atoms with Crippen molar-refractivity contribution in [2.75, 3.05) is 30.8 Å². The van der Waals surface area contributed by atoms with Gasteiger partial charge in [0.15, 0.2) is 11.5 Å². The lowest BCUT2D eigenvalue weighted by atomic mass is 10.1. The molecule has 0 fully saturated rings. The third-order valence-corrected chi connectivity index (χ3v) is 6.26. The van der Waals surface area contributed by atoms with E-state index in [-0.39, 0.29) is 25.6 Å². The molecule has 0 saturated carbocycles. The van der Waals surface area contributed by atoms with Crippen molar-refractivity contribution in [2.24, 2.45) is 0 Å². The molecule has 192 valence electrons. The van der Waals surface area contributed by atoms with Crippen molar-refractivity contribution in [3.63, 3.8) is 0 Å². The molecule has 0 spiro atoms. The number of hydrogen-bond donors (Lipinski definition) is 1. The quantitative estimate of drug-likeness (QED) is 0.397. The number of sulfonamides is 1. The van der Waals surface area contributed by atoms with Gasteiger partial charge in [0, 0.05) is 5.56 Å². The number of ether oxygens (including phenoxy) is 2. The van der Waals surface area contributed by atoms with Gasteiger partial charge in [-0.05, 0) is 42.0 Å². The molecule has 0 radical (unpaired) electrons. The van der Waals surface area contributed by atoms with E-state index in [0.29, 0.717) is 26.9 Å². The molecule has 0 atom stereocenters. The van der Waals surface area contributed by atoms with Gasteiger partial charge in [0.2, 0.25) is 10.0 Å². The molecule has 0 aliphatic carbocycles. The smallest absolute Gasteiger partial charge is 0.418 e. The van der Waals surface area contributed by atoms with Crippen LogP contribution >= 0.6 is 0 Å². The summed E-state index contributed by atoms with van der Waals surface area (Å²) in [5, 5.41) is 2.71. The first kappa shape index (κ1) is 26.9. The van der Waals surface area contributed by atoms with Crippen LogP contribution in [0.15, 0.2) is 72.8 Å². The number of carbonyl (C=O) groups is 1. The number of para-hydroxylation sites is 3. The fraction of sp³-hybridized carbons (Fsp3) is 0.240. The second kappa shape index (κ2) is 11.3. The highest BCUT2D eigenvalue weighted by molar-refractivity contribution is 7.92. The van der Waals surface area contributed by atoms with Gasteiger partial charge in [-0.1, -0.05) is 36.4 Å². The topological polar surface area (TPSA) is 84.9 Å². The van der Waals surface area contributed by atoms with E-state index in [4.69, 9.17) is 9.47 Å². The largest absolute Gasteiger partial charge is 0.493 e. The van der Waals surface area contributed by atoms with Crippen molar-refractivity contribution < 1.29 is 35.9 Å². The zero-order valence-corrected chi connectivity index (χ0v) is 20.4. The van der Waals surface area contributed by atoms with Crippen molar-refractivity contribution in [3.05, 3.63) is 89.5 Å². The van der Waals surface area contributed by atoms with E-state index in [1.807, 2.05) is 0 Å². The standard InChI is InChI=1S/C25H25F3N2O5S/c1-34-22-9-5-6-10-23(22)35-16-15-29-24(31)19-13-11-18(12-14-19)17-30(36(2,32)33)21-8-4-3-7-20(21)25(26,27)28/h3-14H,15-17H2,1-2H3,(H,29,31). The predicted octanol–water partition coefficient (Wildman–Crippen LogP) is 4.49. The minimum absolute atomic E-state index is 0.201. The number of anilines is 1. The summed E-state index contributed by atoms with van der Waals surface area (Å²) < 4.78 is 76.6. The van der Waals surface area contributed by atoms with Gasteiger partial charge in [0.05, 0.1) is 37.7 Å². The molecule has 0 aliphatic heterocycles. The highest BCUT2D eigenvalue weighted by atomic mass is 32.2. The van der Waals surface area contributed by atoms with E-state index < -0.39 is 27.5 Å². The van der Waals surface area contributed by atoms with Gasteiger partial charge in [-0.3, -0.25) is 9.10 Å². The summed E-state index contributed by atoms with van der Waals surface area (Å²) in [4.78, 5) is 12.4. The first-order valence-corrected chi connectivity index (χ1v) is 12.6. The monoisotopic (exact) mass is 522 g/mol. The number of nitrogens with one attached hydrogen (secondary N) is 1. The molecule has 0 aromatic heterocycles. The van der Waals surface area contributed by atoms with Gasteiger partial charge in [-0.25, -0.2) is 8.42 Å². The molecule has 0 aliphatic rings. The van der Waals surface area contributed by atoms with Crippen LogP contribution in [0.1, 0.15) is 21.5 Å². The average Bonchev–Trinajstić information content (AvgIpc) is 2.84. The van der Waals surface area contributed by atoms with Crippen molar-refractivity contribution >= 4 is 21.6 Å². The Labute approximate surface area is 207 Å². The van der Waals surface area contributed by atoms with Crippen LogP contribution in [0.2, 0.25) is 0 Å². The Morgan fingerprint density at radius 1 is 0.944 bits per heavy atom. The molecule has 0 bridgehead atoms. The third kappa shape index (κ3) is 6.91. The number of carbonyl (C=O) groups excluding carboxylic acids is 1. The molecular formula is C25H25F3N2O5S. The Morgan fingerprint density at radius 2 is 1.56 bits per heavy atom. The number of halogens is 3. The Morgan fingerprint density at radius 3 is 2.17 bits per heavy atom. The lowest BCUT2D eigenvalue weighted by Crippen LogP contribution is -2.31. The summed E-state index contributed by atoms with van der Waals surface area (Å²) in [6.07, 6.45) is -3.88. The van der Waals surface area contributed by atoms with Crippen molar-refractivity contribution in [1.82, 2.24) is 5.32 Å². The van der Waals surface area contributed by atoms with Crippen molar-refractivity contribution in [1.29, 1.82) is 0 Å². The van der Waals surface area contributed by atoms with Crippen LogP contribution < -0.4 is 19.1 Å². The fourth-order valence-corrected chi connectivity index (χ4v) is 4.31. The van der Waals surface area contributed by atoms with Gasteiger partial charge in [-0.2, -0.15) is 13.2 Å². The molecule has 11 heteroatoms. The number of amides is 1. The maximum Gasteiger partial charge on any atom is 0.418 e. The highest BCUT2D eigenvalue weighted by Gasteiger charge is 2.36. The zero-order valence-electron chi connectivity index (χ0n) is 19.6. The number of methoxy groups -OCH3 is 1. The van der Waals surface area contributed by atoms with Crippen LogP contribution in [-0.4, -0.2) is 40.8 Å². The maximum atomic E-state index is 13.5. The molecule has 36 heavy (non-hydrogen) atoms. The Balaban J connectivity index is 1.65. The van der Waals surface area contributed by atoms with Crippen LogP contribution in [0.3, 0.4) is 0 Å². The minimum atomic E-state index is -4.73. The third-order valence-electron chi connectivity index (χ3n) is 5.14. The summed E-state index contributed by atoms with van der Waals surface area (Å²) in [6.45, 7) is 0.0847. The summed E-state index contributed by atoms with van der Waals surface area (Å²) in [5.74, 6) is 0.731. The van der Waals surface area contributed by atoms with E-state index in [2.05, 4.69) is 5.32 Å². The van der Waals surface area contributed by atoms with Crippen LogP contribution in [0.4, 0.5) is 18.9 Å². The van der Waals surface area contributed by atoms with Crippen molar-refractivity contribution in [3.8, 4) is 11.5 Å². The molecule has 0 unspecified atom stereocenters. The normalized spacial score (nSPS) is 11.6. The number of alkyl halides is 3. The van der Waals surface area contributed by atoms with E-state index in [0.717, 1.165) is 18.4 Å². The van der Waals surface area contributed by atoms with E-state index >= 15 is 0 Å². The lowest BCUT2D eigenvalue weighted by molar-refractivity contribution is -0.137. The summed E-state index contributed by atoms with van der Waals surface area (Å²) in [6, 6.07) is 17.5. The Hall–Kier alpha value is -3.73. The molecule has 1 N–H and O–H groups in total. The number of rotatable bonds is 10. The number of hydrogen-bond acceptors (Lipinski definition) is 5. The predicted molar refractivity (Wildman–Crippen MR) is 130 cm³/mol. The van der Waals surface area contributed by atoms with Gasteiger partial charge in [0.1, 0.15) is 6.61 Å². The fourth-order valence-electron chi connectivity index (χ4n) is 3.40. The zero-order chi connectivity index (χ0) is 26.3. The molecule has 1 amide bonds. The number of nitrogens with zero attached hydrogens (tertiary/aromatic N) is 1. The van der Waals surface area contributed by atoms with Crippen LogP contribution in [-0.2, 0) is 22.7 Å². The second-order valence-electron chi connectivity index (χ2n) is 7.74. The molecule has 3 rings (SSSR count). The molecule has 0 heterocycles. The van der Waals surface area contributed by atoms with E-state index in [1.54, 1.807) is 24.3 Å². The van der Waals surface area contributed by atoms with Gasteiger partial charge in [0.25, 0.3) is 5.91 Å². The first-order valence-electron chi connectivity index (χ1n) is 10.8. The van der Waals surface area contributed by atoms with Crippen LogP contribution in [0, 0.1) is 0 Å². The number of benzene rings is 3. The summed E-state index contributed by atoms with van der Waals surface area (Å²) >= 11 is 0. The summed E-state index contributed by atoms with van der Waals surface area (Å²) in [7, 11) is -2.51. The first-order chi connectivity index (χ1) is 17.0. The van der Waals surface area contributed by atoms with Gasteiger partial charge < -0.3 is 14.8 Å². The average molecular weight is 523 g/mol. The van der Waals surface area contributed by atoms with Gasteiger partial charge in [-0.15, -0.1) is 0 Å². The van der Waals surface area contributed by atoms with E-state index in [1.165, 1.54) is 43.5 Å². The molecule has 7 nitrogen and oxygen atoms in total. The molecule has 0 saturated heterocycles. The highest BCUT2D eigenvalue weighted by Crippen LogP contribution is 2.37. The van der Waals surface area contributed by atoms with Crippen LogP contribution in [0.25, 0.3) is 0 Å². The van der Waals surface area contributed by atoms with Gasteiger partial charge >= 0.3 is 6.18 Å². The molecule has 3 aromatic carbocycles. The lowest BCUT2D eigenvalue weighted by Gasteiger charge is -2.25. The summed E-state index contributed by atoms with van der Waals surface area (Å²) in [5.41, 5.74) is -0.808. The minimum Gasteiger partial charge on any atom is -0.493 e. The Kier molecular flexibility index (Phi) is 8.46.